The lowest BCUT2D eigenvalue weighted by Crippen LogP contribution is -2.17. The Morgan fingerprint density at radius 3 is 2.65 bits per heavy atom. The van der Waals surface area contributed by atoms with Crippen LogP contribution in [0.3, 0.4) is 0 Å². The summed E-state index contributed by atoms with van der Waals surface area (Å²) in [6, 6.07) is 11.6. The van der Waals surface area contributed by atoms with Gasteiger partial charge in [-0.1, -0.05) is 35.0 Å². The molecule has 0 saturated heterocycles. The van der Waals surface area contributed by atoms with Crippen LogP contribution in [-0.4, -0.2) is 23.8 Å². The number of anilines is 1. The van der Waals surface area contributed by atoms with Gasteiger partial charge in [0.15, 0.2) is 5.78 Å². The minimum Gasteiger partial charge on any atom is -0.310 e. The highest BCUT2D eigenvalue weighted by Crippen LogP contribution is 2.25. The number of fused-ring (bicyclic) bond motifs is 1. The number of rotatable bonds is 6. The molecule has 0 atom stereocenters. The molecule has 0 unspecified atom stereocenters. The predicted octanol–water partition coefficient (Wildman–Crippen LogP) is 4.21. The second-order valence-corrected chi connectivity index (χ2v) is 8.32. The average Bonchev–Trinajstić information content (AvgIpc) is 2.96. The number of ketones is 1. The number of hydrogen-bond acceptors (Lipinski definition) is 4. The number of nitrogens with zero attached hydrogens (tertiary/aromatic N) is 2. The van der Waals surface area contributed by atoms with E-state index in [1.165, 1.54) is 12.1 Å². The van der Waals surface area contributed by atoms with E-state index in [0.29, 0.717) is 24.0 Å². The fourth-order valence-corrected chi connectivity index (χ4v) is 4.12. The monoisotopic (exact) mass is 435 g/mol. The molecular formula is C18H18BrN3O3S. The number of carbonyl (C=O) groups excluding carboxylic acids is 1. The van der Waals surface area contributed by atoms with E-state index in [9.17, 15) is 13.2 Å². The summed E-state index contributed by atoms with van der Waals surface area (Å²) in [5.74, 6) is 0.139. The number of Topliss-reactive ketones (excluding diaryl/α,β-unsaturated/α-hetero) is 1. The lowest BCUT2D eigenvalue weighted by atomic mass is 10.1. The van der Waals surface area contributed by atoms with Crippen LogP contribution < -0.4 is 4.72 Å². The molecule has 3 aromatic rings. The SMILES string of the molecule is CCC(=O)c1cccc(S(=O)(=O)Nc2nc3cc(Br)ccc3n2CC)c1. The maximum Gasteiger partial charge on any atom is 0.264 e. The van der Waals surface area contributed by atoms with Gasteiger partial charge in [0.25, 0.3) is 10.0 Å². The molecule has 0 aliphatic rings. The Bertz CT molecular complexity index is 1090. The molecule has 0 radical (unpaired) electrons. The lowest BCUT2D eigenvalue weighted by Gasteiger charge is -2.10. The highest BCUT2D eigenvalue weighted by molar-refractivity contribution is 9.10. The molecule has 3 rings (SSSR count). The van der Waals surface area contributed by atoms with Crippen molar-refractivity contribution in [1.82, 2.24) is 9.55 Å². The van der Waals surface area contributed by atoms with Crippen LogP contribution in [0.15, 0.2) is 51.8 Å². The standard InChI is InChI=1S/C18H18BrN3O3S/c1-3-17(23)12-6-5-7-14(10-12)26(24,25)21-18-20-15-11-13(19)8-9-16(15)22(18)4-2/h5-11H,3-4H2,1-2H3,(H,20,21). The smallest absolute Gasteiger partial charge is 0.264 e. The summed E-state index contributed by atoms with van der Waals surface area (Å²) in [5.41, 5.74) is 1.90. The molecule has 1 N–H and O–H groups in total. The van der Waals surface area contributed by atoms with E-state index in [0.717, 1.165) is 9.99 Å². The first-order valence-corrected chi connectivity index (χ1v) is 10.4. The number of aromatic nitrogens is 2. The van der Waals surface area contributed by atoms with Gasteiger partial charge >= 0.3 is 0 Å². The summed E-state index contributed by atoms with van der Waals surface area (Å²) in [6.07, 6.45) is 0.317. The molecule has 0 bridgehead atoms. The van der Waals surface area contributed by atoms with E-state index in [1.807, 2.05) is 25.1 Å². The van der Waals surface area contributed by atoms with E-state index in [1.54, 1.807) is 23.6 Å². The maximum atomic E-state index is 12.8. The summed E-state index contributed by atoms with van der Waals surface area (Å²) < 4.78 is 30.8. The van der Waals surface area contributed by atoms with E-state index in [4.69, 9.17) is 0 Å². The predicted molar refractivity (Wildman–Crippen MR) is 105 cm³/mol. The Kier molecular flexibility index (Phi) is 5.15. The van der Waals surface area contributed by atoms with Gasteiger partial charge in [-0.3, -0.25) is 4.79 Å². The van der Waals surface area contributed by atoms with Crippen molar-refractivity contribution in [2.75, 3.05) is 4.72 Å². The Morgan fingerprint density at radius 2 is 1.96 bits per heavy atom. The van der Waals surface area contributed by atoms with Crippen molar-refractivity contribution in [2.45, 2.75) is 31.7 Å². The third kappa shape index (κ3) is 3.52. The fraction of sp³-hybridized carbons (Fsp3) is 0.222. The molecule has 136 valence electrons. The quantitative estimate of drug-likeness (QED) is 0.587. The van der Waals surface area contributed by atoms with Gasteiger partial charge in [-0.15, -0.1) is 0 Å². The molecule has 1 aromatic heterocycles. The van der Waals surface area contributed by atoms with Crippen molar-refractivity contribution in [2.24, 2.45) is 0 Å². The zero-order valence-electron chi connectivity index (χ0n) is 14.4. The average molecular weight is 436 g/mol. The summed E-state index contributed by atoms with van der Waals surface area (Å²) in [5, 5.41) is 0. The van der Waals surface area contributed by atoms with Crippen LogP contribution in [-0.2, 0) is 16.6 Å². The first kappa shape index (κ1) is 18.6. The van der Waals surface area contributed by atoms with Crippen molar-refractivity contribution < 1.29 is 13.2 Å². The van der Waals surface area contributed by atoms with E-state index in [-0.39, 0.29) is 16.6 Å². The number of halogens is 1. The number of sulfonamides is 1. The highest BCUT2D eigenvalue weighted by Gasteiger charge is 2.20. The van der Waals surface area contributed by atoms with Gasteiger partial charge in [0.05, 0.1) is 15.9 Å². The number of benzene rings is 2. The van der Waals surface area contributed by atoms with E-state index >= 15 is 0 Å². The van der Waals surface area contributed by atoms with Crippen LogP contribution in [0.25, 0.3) is 11.0 Å². The Hall–Kier alpha value is -2.19. The minimum atomic E-state index is -3.87. The summed E-state index contributed by atoms with van der Waals surface area (Å²) in [6.45, 7) is 4.22. The first-order valence-electron chi connectivity index (χ1n) is 8.17. The molecule has 0 aliphatic heterocycles. The van der Waals surface area contributed by atoms with E-state index < -0.39 is 10.0 Å². The number of carbonyl (C=O) groups is 1. The van der Waals surface area contributed by atoms with Crippen molar-refractivity contribution in [1.29, 1.82) is 0 Å². The normalized spacial score (nSPS) is 11.7. The molecule has 2 aromatic carbocycles. The first-order chi connectivity index (χ1) is 12.4. The summed E-state index contributed by atoms with van der Waals surface area (Å²) in [7, 11) is -3.87. The van der Waals surface area contributed by atoms with Gasteiger partial charge in [0.1, 0.15) is 0 Å². The fourth-order valence-electron chi connectivity index (χ4n) is 2.72. The van der Waals surface area contributed by atoms with Gasteiger partial charge in [0, 0.05) is 23.0 Å². The number of nitrogens with one attached hydrogen (secondary N) is 1. The molecule has 6 nitrogen and oxygen atoms in total. The van der Waals surface area contributed by atoms with E-state index in [2.05, 4.69) is 25.6 Å². The molecule has 1 heterocycles. The lowest BCUT2D eigenvalue weighted by molar-refractivity contribution is 0.0988. The zero-order valence-corrected chi connectivity index (χ0v) is 16.8. The maximum absolute atomic E-state index is 12.8. The number of hydrogen-bond donors (Lipinski definition) is 1. The van der Waals surface area contributed by atoms with Crippen LogP contribution in [0.2, 0.25) is 0 Å². The third-order valence-corrected chi connectivity index (χ3v) is 5.86. The molecule has 0 spiro atoms. The van der Waals surface area contributed by atoms with Crippen LogP contribution in [0.1, 0.15) is 30.6 Å². The number of aryl methyl sites for hydroxylation is 1. The van der Waals surface area contributed by atoms with Gasteiger partial charge < -0.3 is 4.57 Å². The molecule has 0 fully saturated rings. The van der Waals surface area contributed by atoms with Crippen molar-refractivity contribution in [3.8, 4) is 0 Å². The Balaban J connectivity index is 2.02. The van der Waals surface area contributed by atoms with Gasteiger partial charge in [-0.25, -0.2) is 18.1 Å². The molecule has 0 aliphatic carbocycles. The van der Waals surface area contributed by atoms with Gasteiger partial charge in [-0.05, 0) is 37.3 Å². The van der Waals surface area contributed by atoms with Gasteiger partial charge in [-0.2, -0.15) is 0 Å². The van der Waals surface area contributed by atoms with Crippen LogP contribution in [0.4, 0.5) is 5.95 Å². The van der Waals surface area contributed by atoms with Crippen LogP contribution in [0, 0.1) is 0 Å². The Labute approximate surface area is 160 Å². The molecular weight excluding hydrogens is 418 g/mol. The minimum absolute atomic E-state index is 0.0349. The molecule has 26 heavy (non-hydrogen) atoms. The highest BCUT2D eigenvalue weighted by atomic mass is 79.9. The van der Waals surface area contributed by atoms with Crippen molar-refractivity contribution >= 4 is 48.7 Å². The van der Waals surface area contributed by atoms with Crippen molar-refractivity contribution in [3.05, 3.63) is 52.5 Å². The summed E-state index contributed by atoms with van der Waals surface area (Å²) in [4.78, 5) is 16.3. The second-order valence-electron chi connectivity index (χ2n) is 5.72. The second kappa shape index (κ2) is 7.20. The van der Waals surface area contributed by atoms with Crippen LogP contribution in [0.5, 0.6) is 0 Å². The largest absolute Gasteiger partial charge is 0.310 e. The summed E-state index contributed by atoms with van der Waals surface area (Å²) >= 11 is 3.39. The van der Waals surface area contributed by atoms with Crippen molar-refractivity contribution in [3.63, 3.8) is 0 Å². The molecule has 0 amide bonds. The number of imidazole rings is 1. The third-order valence-electron chi connectivity index (χ3n) is 4.04. The molecule has 8 heteroatoms. The zero-order chi connectivity index (χ0) is 18.9. The van der Waals surface area contributed by atoms with Gasteiger partial charge in [0.2, 0.25) is 5.95 Å². The topological polar surface area (TPSA) is 81.1 Å². The van der Waals surface area contributed by atoms with Crippen LogP contribution >= 0.6 is 15.9 Å². The molecule has 0 saturated carbocycles. The Morgan fingerprint density at radius 1 is 1.19 bits per heavy atom.